The molecule has 0 bridgehead atoms. The molecule has 0 saturated carbocycles. The molecule has 1 N–H and O–H groups in total. The summed E-state index contributed by atoms with van der Waals surface area (Å²) in [6.07, 6.45) is 0. The molecule has 1 aliphatic heterocycles. The minimum atomic E-state index is -0.0824. The van der Waals surface area contributed by atoms with Crippen LogP contribution in [0.4, 0.5) is 5.69 Å². The Labute approximate surface area is 181 Å². The predicted octanol–water partition coefficient (Wildman–Crippen LogP) is 2.93. The lowest BCUT2D eigenvalue weighted by atomic mass is 10.2. The number of nitrogens with zero attached hydrogens (tertiary/aromatic N) is 5. The Morgan fingerprint density at radius 3 is 2.68 bits per heavy atom. The fraction of sp³-hybridized carbons (Fsp3) is 0.304. The Morgan fingerprint density at radius 2 is 1.94 bits per heavy atom. The number of hydrogen-bond acceptors (Lipinski definition) is 7. The molecule has 158 valence electrons. The smallest absolute Gasteiger partial charge is 0.244 e. The van der Waals surface area contributed by atoms with Crippen molar-refractivity contribution in [1.82, 2.24) is 19.9 Å². The molecule has 4 rings (SSSR count). The maximum atomic E-state index is 12.4. The number of rotatable bonds is 6. The standard InChI is InChI=1S/C23H24N6O2/c1-17(23-26-22(27-31-23)19-7-3-2-4-8-19)29-12-10-28(11-13-29)16-21(30)25-20-9-5-6-18(14-20)15-24/h2-9,14,17H,10-13,16H2,1H3,(H,25,30). The number of benzene rings is 2. The highest BCUT2D eigenvalue weighted by molar-refractivity contribution is 5.92. The fourth-order valence-electron chi connectivity index (χ4n) is 3.64. The summed E-state index contributed by atoms with van der Waals surface area (Å²) in [6, 6.07) is 18.8. The molecule has 0 aliphatic carbocycles. The number of nitriles is 1. The molecule has 1 aromatic heterocycles. The van der Waals surface area contributed by atoms with Crippen LogP contribution >= 0.6 is 0 Å². The van der Waals surface area contributed by atoms with Crippen LogP contribution in [0.1, 0.15) is 24.4 Å². The van der Waals surface area contributed by atoms with Gasteiger partial charge in [-0.25, -0.2) is 0 Å². The molecule has 2 aromatic carbocycles. The highest BCUT2D eigenvalue weighted by Crippen LogP contribution is 2.23. The first-order chi connectivity index (χ1) is 15.1. The number of carbonyl (C=O) groups excluding carboxylic acids is 1. The van der Waals surface area contributed by atoms with Gasteiger partial charge >= 0.3 is 0 Å². The predicted molar refractivity (Wildman–Crippen MR) is 116 cm³/mol. The lowest BCUT2D eigenvalue weighted by Crippen LogP contribution is -2.49. The van der Waals surface area contributed by atoms with E-state index in [9.17, 15) is 4.79 Å². The maximum absolute atomic E-state index is 12.4. The van der Waals surface area contributed by atoms with Crippen molar-refractivity contribution >= 4 is 11.6 Å². The van der Waals surface area contributed by atoms with Gasteiger partial charge < -0.3 is 9.84 Å². The first kappa shape index (κ1) is 20.7. The average molecular weight is 416 g/mol. The second-order valence-corrected chi connectivity index (χ2v) is 7.55. The van der Waals surface area contributed by atoms with E-state index in [1.54, 1.807) is 24.3 Å². The van der Waals surface area contributed by atoms with Crippen LogP contribution in [-0.4, -0.2) is 58.6 Å². The van der Waals surface area contributed by atoms with E-state index in [4.69, 9.17) is 9.78 Å². The van der Waals surface area contributed by atoms with Gasteiger partial charge in [0.05, 0.1) is 24.2 Å². The van der Waals surface area contributed by atoms with Crippen molar-refractivity contribution in [3.05, 3.63) is 66.1 Å². The number of amides is 1. The van der Waals surface area contributed by atoms with Gasteiger partial charge in [0.1, 0.15) is 0 Å². The Balaban J connectivity index is 1.28. The summed E-state index contributed by atoms with van der Waals surface area (Å²) in [5, 5.41) is 16.0. The van der Waals surface area contributed by atoms with Gasteiger partial charge in [-0.3, -0.25) is 14.6 Å². The minimum absolute atomic E-state index is 0.00894. The zero-order valence-corrected chi connectivity index (χ0v) is 17.4. The largest absolute Gasteiger partial charge is 0.337 e. The molecule has 1 saturated heterocycles. The summed E-state index contributed by atoms with van der Waals surface area (Å²) in [4.78, 5) is 21.3. The quantitative estimate of drug-likeness (QED) is 0.660. The normalized spacial score (nSPS) is 15.9. The topological polar surface area (TPSA) is 98.3 Å². The molecule has 1 unspecified atom stereocenters. The van der Waals surface area contributed by atoms with Gasteiger partial charge in [-0.2, -0.15) is 10.2 Å². The van der Waals surface area contributed by atoms with Crippen LogP contribution in [0.25, 0.3) is 11.4 Å². The third kappa shape index (κ3) is 5.15. The number of aromatic nitrogens is 2. The van der Waals surface area contributed by atoms with Crippen molar-refractivity contribution in [2.45, 2.75) is 13.0 Å². The lowest BCUT2D eigenvalue weighted by molar-refractivity contribution is -0.117. The molecule has 31 heavy (non-hydrogen) atoms. The Morgan fingerprint density at radius 1 is 1.16 bits per heavy atom. The van der Waals surface area contributed by atoms with E-state index in [2.05, 4.69) is 38.3 Å². The molecule has 0 radical (unpaired) electrons. The van der Waals surface area contributed by atoms with Crippen LogP contribution in [0.5, 0.6) is 0 Å². The molecule has 3 aromatic rings. The maximum Gasteiger partial charge on any atom is 0.244 e. The minimum Gasteiger partial charge on any atom is -0.337 e. The first-order valence-corrected chi connectivity index (χ1v) is 10.3. The van der Waals surface area contributed by atoms with Gasteiger partial charge in [0.25, 0.3) is 0 Å². The van der Waals surface area contributed by atoms with E-state index < -0.39 is 0 Å². The number of carbonyl (C=O) groups is 1. The molecule has 8 nitrogen and oxygen atoms in total. The Kier molecular flexibility index (Phi) is 6.36. The summed E-state index contributed by atoms with van der Waals surface area (Å²) in [5.74, 6) is 1.11. The monoisotopic (exact) mass is 416 g/mol. The van der Waals surface area contributed by atoms with Crippen LogP contribution in [0.2, 0.25) is 0 Å². The lowest BCUT2D eigenvalue weighted by Gasteiger charge is -2.36. The second-order valence-electron chi connectivity index (χ2n) is 7.55. The number of anilines is 1. The summed E-state index contributed by atoms with van der Waals surface area (Å²) in [7, 11) is 0. The molecular formula is C23H24N6O2. The van der Waals surface area contributed by atoms with E-state index in [1.165, 1.54) is 0 Å². The number of hydrogen-bond donors (Lipinski definition) is 1. The number of piperazine rings is 1. The summed E-state index contributed by atoms with van der Waals surface area (Å²) in [6.45, 7) is 5.54. The van der Waals surface area contributed by atoms with Gasteiger partial charge in [0.15, 0.2) is 0 Å². The van der Waals surface area contributed by atoms with E-state index in [1.807, 2.05) is 30.3 Å². The fourth-order valence-corrected chi connectivity index (χ4v) is 3.64. The Hall–Kier alpha value is -3.54. The molecular weight excluding hydrogens is 392 g/mol. The third-order valence-electron chi connectivity index (χ3n) is 5.43. The molecule has 0 spiro atoms. The van der Waals surface area contributed by atoms with Crippen molar-refractivity contribution in [2.75, 3.05) is 38.0 Å². The zero-order valence-electron chi connectivity index (χ0n) is 17.4. The van der Waals surface area contributed by atoms with Gasteiger partial charge in [-0.1, -0.05) is 41.6 Å². The molecule has 1 atom stereocenters. The molecule has 8 heteroatoms. The molecule has 1 aliphatic rings. The van der Waals surface area contributed by atoms with Crippen LogP contribution in [0.3, 0.4) is 0 Å². The highest BCUT2D eigenvalue weighted by Gasteiger charge is 2.26. The first-order valence-electron chi connectivity index (χ1n) is 10.3. The SMILES string of the molecule is CC(c1nc(-c2ccccc2)no1)N1CCN(CC(=O)Nc2cccc(C#N)c2)CC1. The summed E-state index contributed by atoms with van der Waals surface area (Å²) >= 11 is 0. The van der Waals surface area contributed by atoms with E-state index >= 15 is 0 Å². The van der Waals surface area contributed by atoms with Gasteiger partial charge in [-0.15, -0.1) is 0 Å². The van der Waals surface area contributed by atoms with E-state index in [-0.39, 0.29) is 11.9 Å². The Bertz CT molecular complexity index is 1070. The van der Waals surface area contributed by atoms with Gasteiger partial charge in [0.2, 0.25) is 17.6 Å². The van der Waals surface area contributed by atoms with E-state index in [0.717, 1.165) is 31.7 Å². The van der Waals surface area contributed by atoms with Crippen molar-refractivity contribution < 1.29 is 9.32 Å². The zero-order chi connectivity index (χ0) is 21.6. The van der Waals surface area contributed by atoms with Crippen LogP contribution < -0.4 is 5.32 Å². The second kappa shape index (κ2) is 9.51. The van der Waals surface area contributed by atoms with E-state index in [0.29, 0.717) is 29.5 Å². The van der Waals surface area contributed by atoms with Crippen LogP contribution in [-0.2, 0) is 4.79 Å². The third-order valence-corrected chi connectivity index (χ3v) is 5.43. The average Bonchev–Trinajstić information content (AvgIpc) is 3.30. The number of nitrogens with one attached hydrogen (secondary N) is 1. The summed E-state index contributed by atoms with van der Waals surface area (Å²) in [5.41, 5.74) is 2.10. The van der Waals surface area contributed by atoms with Crippen molar-refractivity contribution in [3.63, 3.8) is 0 Å². The van der Waals surface area contributed by atoms with Gasteiger partial charge in [0, 0.05) is 37.4 Å². The van der Waals surface area contributed by atoms with Crippen molar-refractivity contribution in [2.24, 2.45) is 0 Å². The van der Waals surface area contributed by atoms with Crippen molar-refractivity contribution in [1.29, 1.82) is 5.26 Å². The molecule has 2 heterocycles. The van der Waals surface area contributed by atoms with Crippen LogP contribution in [0, 0.1) is 11.3 Å². The molecule has 1 amide bonds. The highest BCUT2D eigenvalue weighted by atomic mass is 16.5. The van der Waals surface area contributed by atoms with Gasteiger partial charge in [-0.05, 0) is 25.1 Å². The summed E-state index contributed by atoms with van der Waals surface area (Å²) < 4.78 is 5.51. The van der Waals surface area contributed by atoms with Crippen LogP contribution in [0.15, 0.2) is 59.1 Å². The van der Waals surface area contributed by atoms with Crippen molar-refractivity contribution in [3.8, 4) is 17.5 Å². The molecule has 1 fully saturated rings.